The predicted octanol–water partition coefficient (Wildman–Crippen LogP) is 3.77. The lowest BCUT2D eigenvalue weighted by Gasteiger charge is -2.47. The molecule has 5 heteroatoms. The van der Waals surface area contributed by atoms with Crippen LogP contribution in [0.4, 0.5) is 0 Å². The van der Waals surface area contributed by atoms with Crippen LogP contribution in [0.5, 0.6) is 0 Å². The fourth-order valence-electron chi connectivity index (χ4n) is 4.62. The third kappa shape index (κ3) is 3.96. The molecule has 3 rings (SSSR count). The van der Waals surface area contributed by atoms with E-state index in [9.17, 15) is 13.5 Å². The molecule has 0 aliphatic heterocycles. The number of rotatable bonds is 5. The van der Waals surface area contributed by atoms with Gasteiger partial charge >= 0.3 is 0 Å². The van der Waals surface area contributed by atoms with Crippen molar-refractivity contribution >= 4 is 9.84 Å². The molecule has 1 fully saturated rings. The Hall–Kier alpha value is -1.69. The van der Waals surface area contributed by atoms with Crippen molar-refractivity contribution in [2.24, 2.45) is 5.92 Å². The van der Waals surface area contributed by atoms with Gasteiger partial charge in [-0.3, -0.25) is 0 Å². The van der Waals surface area contributed by atoms with Crippen molar-refractivity contribution in [2.75, 3.05) is 20.4 Å². The summed E-state index contributed by atoms with van der Waals surface area (Å²) in [5.41, 5.74) is 0.507. The largest absolute Gasteiger partial charge is 0.385 e. The first-order valence-electron chi connectivity index (χ1n) is 9.48. The van der Waals surface area contributed by atoms with Gasteiger partial charge < -0.3 is 10.0 Å². The van der Waals surface area contributed by atoms with Crippen LogP contribution in [0.1, 0.15) is 42.9 Å². The summed E-state index contributed by atoms with van der Waals surface area (Å²) in [7, 11) is 0.617. The number of nitrogens with zero attached hydrogens (tertiary/aromatic N) is 1. The molecule has 0 amide bonds. The first-order chi connectivity index (χ1) is 12.7. The van der Waals surface area contributed by atoms with E-state index in [0.717, 1.165) is 24.8 Å². The molecule has 3 atom stereocenters. The summed E-state index contributed by atoms with van der Waals surface area (Å²) in [5, 5.41) is 11.9. The fourth-order valence-corrected chi connectivity index (χ4v) is 5.59. The molecule has 0 spiro atoms. The van der Waals surface area contributed by atoms with Crippen molar-refractivity contribution < 1.29 is 13.5 Å². The fraction of sp³-hybridized carbons (Fsp3) is 0.455. The highest BCUT2D eigenvalue weighted by Crippen LogP contribution is 2.50. The van der Waals surface area contributed by atoms with E-state index in [1.807, 2.05) is 38.4 Å². The van der Waals surface area contributed by atoms with E-state index in [4.69, 9.17) is 0 Å². The zero-order valence-corrected chi connectivity index (χ0v) is 17.1. The Morgan fingerprint density at radius 2 is 1.67 bits per heavy atom. The van der Waals surface area contributed by atoms with Gasteiger partial charge in [-0.15, -0.1) is 0 Å². The average Bonchev–Trinajstić information content (AvgIpc) is 2.63. The van der Waals surface area contributed by atoms with Crippen molar-refractivity contribution in [3.05, 3.63) is 65.7 Å². The standard InChI is InChI=1S/C22H29NO3S/c1-23(2)21(17-11-5-4-6-12-17)19-14-9-10-16-22(19,24)18-13-7-8-15-20(18)27(3,25)26/h4-8,11-13,15,19,21,24H,9-10,14,16H2,1-3H3. The summed E-state index contributed by atoms with van der Waals surface area (Å²) in [6, 6.07) is 17.1. The molecule has 0 heterocycles. The minimum Gasteiger partial charge on any atom is -0.385 e. The third-order valence-electron chi connectivity index (χ3n) is 5.77. The number of aliphatic hydroxyl groups is 1. The van der Waals surface area contributed by atoms with E-state index in [0.29, 0.717) is 12.0 Å². The van der Waals surface area contributed by atoms with Crippen LogP contribution in [-0.4, -0.2) is 38.8 Å². The maximum Gasteiger partial charge on any atom is 0.175 e. The van der Waals surface area contributed by atoms with Crippen LogP contribution in [0.3, 0.4) is 0 Å². The second-order valence-corrected chi connectivity index (χ2v) is 9.85. The van der Waals surface area contributed by atoms with Gasteiger partial charge in [0.2, 0.25) is 0 Å². The highest BCUT2D eigenvalue weighted by atomic mass is 32.2. The summed E-state index contributed by atoms with van der Waals surface area (Å²) >= 11 is 0. The molecule has 27 heavy (non-hydrogen) atoms. The van der Waals surface area contributed by atoms with Gasteiger partial charge in [0.1, 0.15) is 0 Å². The molecular formula is C22H29NO3S. The van der Waals surface area contributed by atoms with Gasteiger partial charge in [0, 0.05) is 23.8 Å². The van der Waals surface area contributed by atoms with Gasteiger partial charge in [-0.05, 0) is 38.6 Å². The van der Waals surface area contributed by atoms with E-state index in [1.165, 1.54) is 6.26 Å². The zero-order chi connectivity index (χ0) is 19.7. The highest BCUT2D eigenvalue weighted by molar-refractivity contribution is 7.90. The molecule has 0 bridgehead atoms. The van der Waals surface area contributed by atoms with E-state index < -0.39 is 15.4 Å². The van der Waals surface area contributed by atoms with Crippen molar-refractivity contribution in [1.82, 2.24) is 4.90 Å². The van der Waals surface area contributed by atoms with Crippen LogP contribution in [0.2, 0.25) is 0 Å². The molecule has 1 N–H and O–H groups in total. The van der Waals surface area contributed by atoms with Crippen LogP contribution < -0.4 is 0 Å². The van der Waals surface area contributed by atoms with Crippen LogP contribution in [0, 0.1) is 5.92 Å². The Morgan fingerprint density at radius 3 is 2.30 bits per heavy atom. The van der Waals surface area contributed by atoms with Crippen molar-refractivity contribution in [2.45, 2.75) is 42.2 Å². The first-order valence-corrected chi connectivity index (χ1v) is 11.4. The summed E-state index contributed by atoms with van der Waals surface area (Å²) in [5.74, 6) is -0.0912. The topological polar surface area (TPSA) is 57.6 Å². The Morgan fingerprint density at radius 1 is 1.04 bits per heavy atom. The van der Waals surface area contributed by atoms with Gasteiger partial charge in [0.05, 0.1) is 10.5 Å². The molecule has 0 saturated heterocycles. The summed E-state index contributed by atoms with van der Waals surface area (Å²) in [6.07, 6.45) is 4.56. The van der Waals surface area contributed by atoms with E-state index >= 15 is 0 Å². The van der Waals surface area contributed by atoms with E-state index in [-0.39, 0.29) is 16.9 Å². The smallest absolute Gasteiger partial charge is 0.175 e. The molecule has 2 aromatic rings. The highest BCUT2D eigenvalue weighted by Gasteiger charge is 2.47. The lowest BCUT2D eigenvalue weighted by atomic mass is 9.67. The molecular weight excluding hydrogens is 358 g/mol. The van der Waals surface area contributed by atoms with Crippen LogP contribution in [0.15, 0.2) is 59.5 Å². The molecule has 1 aliphatic rings. The number of benzene rings is 2. The normalized spacial score (nSPS) is 24.7. The molecule has 146 valence electrons. The van der Waals surface area contributed by atoms with Gasteiger partial charge in [-0.2, -0.15) is 0 Å². The van der Waals surface area contributed by atoms with Crippen LogP contribution in [-0.2, 0) is 15.4 Å². The SMILES string of the molecule is CN(C)C(c1ccccc1)C1CCCCC1(O)c1ccccc1S(C)(=O)=O. The van der Waals surface area contributed by atoms with E-state index in [1.54, 1.807) is 18.2 Å². The lowest BCUT2D eigenvalue weighted by molar-refractivity contribution is -0.0857. The average molecular weight is 388 g/mol. The molecule has 1 aliphatic carbocycles. The third-order valence-corrected chi connectivity index (χ3v) is 6.92. The summed E-state index contributed by atoms with van der Waals surface area (Å²) < 4.78 is 24.8. The number of sulfone groups is 1. The minimum atomic E-state index is -3.43. The van der Waals surface area contributed by atoms with E-state index in [2.05, 4.69) is 17.0 Å². The molecule has 3 unspecified atom stereocenters. The maximum absolute atomic E-state index is 12.4. The molecule has 0 radical (unpaired) electrons. The van der Waals surface area contributed by atoms with Gasteiger partial charge in [0.25, 0.3) is 0 Å². The summed E-state index contributed by atoms with van der Waals surface area (Å²) in [4.78, 5) is 2.38. The molecule has 0 aromatic heterocycles. The Labute approximate surface area is 162 Å². The minimum absolute atomic E-state index is 0.00381. The molecule has 2 aromatic carbocycles. The predicted molar refractivity (Wildman–Crippen MR) is 108 cm³/mol. The first kappa shape index (κ1) is 20.1. The maximum atomic E-state index is 12.4. The molecule has 1 saturated carbocycles. The summed E-state index contributed by atoms with van der Waals surface area (Å²) in [6.45, 7) is 0. The van der Waals surface area contributed by atoms with Crippen molar-refractivity contribution in [3.8, 4) is 0 Å². The monoisotopic (exact) mass is 387 g/mol. The van der Waals surface area contributed by atoms with Crippen molar-refractivity contribution in [1.29, 1.82) is 0 Å². The Kier molecular flexibility index (Phi) is 5.75. The molecule has 4 nitrogen and oxygen atoms in total. The van der Waals surface area contributed by atoms with Crippen LogP contribution >= 0.6 is 0 Å². The number of hydrogen-bond donors (Lipinski definition) is 1. The van der Waals surface area contributed by atoms with Crippen LogP contribution in [0.25, 0.3) is 0 Å². The second kappa shape index (κ2) is 7.74. The van der Waals surface area contributed by atoms with Gasteiger partial charge in [-0.25, -0.2) is 8.42 Å². The van der Waals surface area contributed by atoms with Crippen molar-refractivity contribution in [3.63, 3.8) is 0 Å². The Bertz CT molecular complexity index is 879. The van der Waals surface area contributed by atoms with Gasteiger partial charge in [-0.1, -0.05) is 61.4 Å². The Balaban J connectivity index is 2.15. The lowest BCUT2D eigenvalue weighted by Crippen LogP contribution is -2.45. The second-order valence-electron chi connectivity index (χ2n) is 7.86. The zero-order valence-electron chi connectivity index (χ0n) is 16.3. The quantitative estimate of drug-likeness (QED) is 0.848. The number of hydrogen-bond acceptors (Lipinski definition) is 4. The van der Waals surface area contributed by atoms with Gasteiger partial charge in [0.15, 0.2) is 9.84 Å².